The molecule has 0 aromatic heterocycles. The van der Waals surface area contributed by atoms with Crippen LogP contribution in [0.1, 0.15) is 93.6 Å². The molecule has 332 valence electrons. The zero-order valence-electron chi connectivity index (χ0n) is 37.4. The summed E-state index contributed by atoms with van der Waals surface area (Å²) in [5, 5.41) is 9.03. The Kier molecular flexibility index (Phi) is 21.9. The van der Waals surface area contributed by atoms with Crippen molar-refractivity contribution in [3.8, 4) is 5.75 Å². The Morgan fingerprint density at radius 1 is 0.914 bits per heavy atom. The molecule has 1 heterocycles. The number of ether oxygens (including phenoxy) is 2. The summed E-state index contributed by atoms with van der Waals surface area (Å²) in [4.78, 5) is 58.6. The maximum Gasteiger partial charge on any atom is 0.530 e. The topological polar surface area (TPSA) is 174 Å². The van der Waals surface area contributed by atoms with Gasteiger partial charge in [-0.15, -0.1) is 0 Å². The summed E-state index contributed by atoms with van der Waals surface area (Å²) in [6.45, 7) is 18.1. The van der Waals surface area contributed by atoms with Crippen LogP contribution in [0.4, 0.5) is 0 Å². The summed E-state index contributed by atoms with van der Waals surface area (Å²) < 4.78 is 41.3. The number of hydrogen-bond acceptors (Lipinski definition) is 11. The molecule has 0 saturated carbocycles. The third-order valence-electron chi connectivity index (χ3n) is 11.2. The summed E-state index contributed by atoms with van der Waals surface area (Å²) in [5.41, 5.74) is 0.722. The van der Waals surface area contributed by atoms with Crippen LogP contribution in [0.5, 0.6) is 5.75 Å². The molecule has 0 bridgehead atoms. The molecule has 58 heavy (non-hydrogen) atoms. The molecule has 1 fully saturated rings. The van der Waals surface area contributed by atoms with Gasteiger partial charge in [0.05, 0.1) is 55.9 Å². The van der Waals surface area contributed by atoms with Gasteiger partial charge < -0.3 is 39.7 Å². The van der Waals surface area contributed by atoms with Crippen LogP contribution in [0.2, 0.25) is 0 Å². The molecular weight excluding hydrogens is 765 g/mol. The Bertz CT molecular complexity index is 1490. The molecule has 1 aliphatic rings. The van der Waals surface area contributed by atoms with Gasteiger partial charge in [-0.3, -0.25) is 28.2 Å². The fraction of sp³-hybridized carbons (Fsp3) is 0.762. The van der Waals surface area contributed by atoms with Crippen molar-refractivity contribution in [2.75, 3.05) is 54.6 Å². The lowest BCUT2D eigenvalue weighted by Crippen LogP contribution is -2.59. The smallest absolute Gasteiger partial charge is 0.404 e. The van der Waals surface area contributed by atoms with Crippen LogP contribution in [-0.2, 0) is 48.7 Å². The van der Waals surface area contributed by atoms with Gasteiger partial charge in [-0.1, -0.05) is 73.1 Å². The van der Waals surface area contributed by atoms with Crippen LogP contribution in [0.3, 0.4) is 0 Å². The second kappa shape index (κ2) is 24.9. The van der Waals surface area contributed by atoms with Crippen LogP contribution in [-0.4, -0.2) is 124 Å². The van der Waals surface area contributed by atoms with Gasteiger partial charge in [-0.05, 0) is 69.5 Å². The number of likely N-dealkylation sites (N-methyl/N-ethyl adjacent to an activating group) is 2. The monoisotopic (exact) mass is 840 g/mol. The lowest BCUT2D eigenvalue weighted by Gasteiger charge is -2.41. The molecule has 1 aromatic carbocycles. The van der Waals surface area contributed by atoms with E-state index in [1.165, 1.54) is 0 Å². The van der Waals surface area contributed by atoms with Crippen LogP contribution in [0.25, 0.3) is 0 Å². The van der Waals surface area contributed by atoms with Crippen molar-refractivity contribution >= 4 is 31.5 Å². The normalized spacial score (nSPS) is 18.3. The van der Waals surface area contributed by atoms with Crippen molar-refractivity contribution in [1.29, 1.82) is 0 Å². The first-order valence-electron chi connectivity index (χ1n) is 21.0. The summed E-state index contributed by atoms with van der Waals surface area (Å²) >= 11 is 0. The maximum atomic E-state index is 14.2. The van der Waals surface area contributed by atoms with Crippen LogP contribution >= 0.6 is 7.82 Å². The zero-order valence-corrected chi connectivity index (χ0v) is 38.3. The van der Waals surface area contributed by atoms with Crippen LogP contribution in [0, 0.1) is 23.7 Å². The number of carbonyl (C=O) groups excluding carboxylic acids is 4. The highest BCUT2D eigenvalue weighted by atomic mass is 31.2. The molecule has 1 unspecified atom stereocenters. The van der Waals surface area contributed by atoms with E-state index in [2.05, 4.69) is 16.0 Å². The van der Waals surface area contributed by atoms with Gasteiger partial charge in [0.25, 0.3) is 0 Å². The Morgan fingerprint density at radius 2 is 1.53 bits per heavy atom. The highest BCUT2D eigenvalue weighted by Gasteiger charge is 2.43. The minimum absolute atomic E-state index is 0.0194. The van der Waals surface area contributed by atoms with Gasteiger partial charge in [-0.2, -0.15) is 0 Å². The number of benzene rings is 1. The van der Waals surface area contributed by atoms with Crippen molar-refractivity contribution in [2.24, 2.45) is 23.7 Å². The van der Waals surface area contributed by atoms with E-state index >= 15 is 0 Å². The van der Waals surface area contributed by atoms with Crippen LogP contribution < -0.4 is 20.5 Å². The second-order valence-electron chi connectivity index (χ2n) is 15.9. The van der Waals surface area contributed by atoms with E-state index in [-0.39, 0.29) is 73.6 Å². The molecular formula is C42H74N5O10P. The van der Waals surface area contributed by atoms with Gasteiger partial charge in [0.2, 0.25) is 23.6 Å². The van der Waals surface area contributed by atoms with E-state index < -0.39 is 44.1 Å². The summed E-state index contributed by atoms with van der Waals surface area (Å²) in [6, 6.07) is 5.07. The molecule has 0 spiro atoms. The minimum Gasteiger partial charge on any atom is -0.404 e. The highest BCUT2D eigenvalue weighted by molar-refractivity contribution is 7.48. The number of nitrogens with zero attached hydrogens (tertiary/aromatic N) is 2. The Morgan fingerprint density at radius 3 is 2.07 bits per heavy atom. The zero-order chi connectivity index (χ0) is 43.7. The number of carbonyl (C=O) groups is 4. The molecule has 1 saturated heterocycles. The molecule has 0 aliphatic carbocycles. The number of likely N-dealkylation sites (tertiary alicyclic amines) is 1. The number of para-hydroxylation sites is 1. The average Bonchev–Trinajstić information content (AvgIpc) is 3.66. The number of rotatable bonds is 26. The molecule has 8 atom stereocenters. The van der Waals surface area contributed by atoms with E-state index in [0.717, 1.165) is 18.4 Å². The van der Waals surface area contributed by atoms with E-state index in [1.807, 2.05) is 53.7 Å². The van der Waals surface area contributed by atoms with Crippen molar-refractivity contribution in [1.82, 2.24) is 25.8 Å². The number of hydrogen-bond donors (Lipinski definition) is 3. The minimum atomic E-state index is -3.81. The molecule has 15 nitrogen and oxygen atoms in total. The predicted octanol–water partition coefficient (Wildman–Crippen LogP) is 5.21. The maximum absolute atomic E-state index is 14.2. The molecule has 16 heteroatoms. The van der Waals surface area contributed by atoms with E-state index in [1.54, 1.807) is 71.0 Å². The summed E-state index contributed by atoms with van der Waals surface area (Å²) in [7, 11) is 2.75. The number of amides is 4. The van der Waals surface area contributed by atoms with Crippen molar-refractivity contribution in [2.45, 2.75) is 131 Å². The van der Waals surface area contributed by atoms with Crippen molar-refractivity contribution < 1.29 is 46.8 Å². The Balaban J connectivity index is 2.20. The largest absolute Gasteiger partial charge is 0.530 e. The Hall–Kier alpha value is -3.07. The molecule has 4 amide bonds. The third-order valence-corrected chi connectivity index (χ3v) is 12.8. The molecule has 1 aromatic rings. The van der Waals surface area contributed by atoms with Crippen LogP contribution in [0.15, 0.2) is 24.3 Å². The molecule has 3 N–H and O–H groups in total. The fourth-order valence-electron chi connectivity index (χ4n) is 7.86. The summed E-state index contributed by atoms with van der Waals surface area (Å²) in [6.07, 6.45) is 1.34. The van der Waals surface area contributed by atoms with E-state index in [0.29, 0.717) is 25.1 Å². The standard InChI is InChI=1S/C42H74N5O10P/c1-14-29(8)38(46(11)42(51)37(28(6)7)45-41(50)36(43-10)27(4)5)34(53-12)26-35(48)47-25-19-21-32(47)39(54-13)30(9)40(49)44-24-23-31-20-17-18-22-33(31)57-58(52,55-15-2)56-16-3/h17-18,20,22,27-30,32,34,36-39,43H,14-16,19,21,23-26H2,1-13H3,(H,44,49)(H,45,50)/t29?,30-,32+,34-,36+,37+,38+,39-/m1/s1. The van der Waals surface area contributed by atoms with Gasteiger partial charge in [-0.25, -0.2) is 4.57 Å². The quantitative estimate of drug-likeness (QED) is 0.105. The number of nitrogens with one attached hydrogen (secondary N) is 3. The number of phosphoric ester groups is 1. The lowest BCUT2D eigenvalue weighted by molar-refractivity contribution is -0.147. The average molecular weight is 840 g/mol. The van der Waals surface area contributed by atoms with Crippen molar-refractivity contribution in [3.63, 3.8) is 0 Å². The van der Waals surface area contributed by atoms with Gasteiger partial charge in [0, 0.05) is 34.4 Å². The van der Waals surface area contributed by atoms with Crippen molar-refractivity contribution in [3.05, 3.63) is 29.8 Å². The Labute approximate surface area is 347 Å². The van der Waals surface area contributed by atoms with Gasteiger partial charge >= 0.3 is 7.82 Å². The van der Waals surface area contributed by atoms with E-state index in [9.17, 15) is 23.7 Å². The lowest BCUT2D eigenvalue weighted by atomic mass is 9.89. The first kappa shape index (κ1) is 51.1. The van der Waals surface area contributed by atoms with Gasteiger partial charge in [0.15, 0.2) is 0 Å². The van der Waals surface area contributed by atoms with Gasteiger partial charge in [0.1, 0.15) is 11.8 Å². The highest BCUT2D eigenvalue weighted by Crippen LogP contribution is 2.50. The second-order valence-corrected chi connectivity index (χ2v) is 17.4. The first-order chi connectivity index (χ1) is 27.4. The number of phosphoric acid groups is 1. The predicted molar refractivity (Wildman–Crippen MR) is 225 cm³/mol. The first-order valence-corrected chi connectivity index (χ1v) is 22.4. The number of methoxy groups -OCH3 is 2. The molecule has 2 rings (SSSR count). The van der Waals surface area contributed by atoms with E-state index in [4.69, 9.17) is 23.0 Å². The molecule has 0 radical (unpaired) electrons. The SMILES string of the molecule is CCOP(=O)(OCC)Oc1ccccc1CCNC(=O)[C@H](C)[C@@H](OC)[C@@H]1CCCN1C(=O)C[C@@H](OC)[C@H](C(C)CC)N(C)C(=O)[C@@H](NC(=O)[C@@H](NC)C(C)C)C(C)C. The summed E-state index contributed by atoms with van der Waals surface area (Å²) in [5.74, 6) is -1.29. The fourth-order valence-corrected chi connectivity index (χ4v) is 9.09. The molecule has 1 aliphatic heterocycles. The third kappa shape index (κ3) is 14.0.